The Morgan fingerprint density at radius 1 is 0.559 bits per heavy atom. The quantitative estimate of drug-likeness (QED) is 0.255. The van der Waals surface area contributed by atoms with E-state index in [1.165, 1.54) is 0 Å². The van der Waals surface area contributed by atoms with Crippen molar-refractivity contribution in [3.8, 4) is 11.1 Å². The number of nitrogens with zero attached hydrogens (tertiary/aromatic N) is 2. The molecule has 0 aliphatic rings. The minimum atomic E-state index is -4.94. The molecule has 0 saturated carbocycles. The lowest BCUT2D eigenvalue weighted by Gasteiger charge is -2.17. The van der Waals surface area contributed by atoms with Crippen LogP contribution in [0.15, 0.2) is 33.1 Å². The molecule has 2 heterocycles. The van der Waals surface area contributed by atoms with E-state index < -0.39 is 45.4 Å². The Balaban J connectivity index is 2.08. The summed E-state index contributed by atoms with van der Waals surface area (Å²) in [6.07, 6.45) is -9.89. The number of aromatic nitrogens is 2. The van der Waals surface area contributed by atoms with Crippen LogP contribution in [0.3, 0.4) is 0 Å². The van der Waals surface area contributed by atoms with Crippen LogP contribution in [0, 0.1) is 0 Å². The van der Waals surface area contributed by atoms with Gasteiger partial charge in [0.25, 0.3) is 0 Å². The zero-order valence-corrected chi connectivity index (χ0v) is 19.3. The van der Waals surface area contributed by atoms with Crippen molar-refractivity contribution in [2.45, 2.75) is 64.7 Å². The summed E-state index contributed by atoms with van der Waals surface area (Å²) >= 11 is 0. The normalized spacial score (nSPS) is 13.9. The van der Waals surface area contributed by atoms with E-state index in [2.05, 4.69) is 9.97 Å². The van der Waals surface area contributed by atoms with E-state index in [0.717, 1.165) is 12.1 Å². The standard InChI is InChI=1S/C24H22F6N2O2/c1-21(2,3)19-31-15-9-13(23(25,26)27)11(7-17(15)33-19)12-8-18-16(10-14(12)24(28,29)30)32-20(34-18)22(4,5)6/h7-10H,1-6H3. The highest BCUT2D eigenvalue weighted by molar-refractivity contribution is 5.89. The third-order valence-electron chi connectivity index (χ3n) is 5.24. The smallest absolute Gasteiger partial charge is 0.417 e. The minimum absolute atomic E-state index is 0.0471. The first-order valence-corrected chi connectivity index (χ1v) is 10.4. The molecule has 0 spiro atoms. The molecular weight excluding hydrogens is 462 g/mol. The molecule has 34 heavy (non-hydrogen) atoms. The molecule has 4 aromatic rings. The molecule has 2 aromatic carbocycles. The monoisotopic (exact) mass is 484 g/mol. The van der Waals surface area contributed by atoms with Crippen molar-refractivity contribution in [1.82, 2.24) is 9.97 Å². The third kappa shape index (κ3) is 4.25. The lowest BCUT2D eigenvalue weighted by atomic mass is 9.93. The Morgan fingerprint density at radius 2 is 0.882 bits per heavy atom. The fourth-order valence-corrected chi connectivity index (χ4v) is 3.50. The van der Waals surface area contributed by atoms with Crippen LogP contribution < -0.4 is 0 Å². The van der Waals surface area contributed by atoms with Gasteiger partial charge in [0.1, 0.15) is 11.0 Å². The van der Waals surface area contributed by atoms with Crippen LogP contribution >= 0.6 is 0 Å². The molecule has 2 aromatic heterocycles. The van der Waals surface area contributed by atoms with E-state index in [9.17, 15) is 26.3 Å². The van der Waals surface area contributed by atoms with E-state index in [1.54, 1.807) is 41.5 Å². The van der Waals surface area contributed by atoms with Gasteiger partial charge in [-0.05, 0) is 35.4 Å². The number of halogens is 6. The van der Waals surface area contributed by atoms with Crippen LogP contribution in [-0.2, 0) is 23.2 Å². The summed E-state index contributed by atoms with van der Waals surface area (Å²) in [5.74, 6) is 0.341. The van der Waals surface area contributed by atoms with Crippen LogP contribution in [0.2, 0.25) is 0 Å². The molecule has 0 bridgehead atoms. The van der Waals surface area contributed by atoms with E-state index in [-0.39, 0.29) is 34.0 Å². The van der Waals surface area contributed by atoms with E-state index >= 15 is 0 Å². The van der Waals surface area contributed by atoms with E-state index in [4.69, 9.17) is 8.83 Å². The van der Waals surface area contributed by atoms with Crippen molar-refractivity contribution >= 4 is 22.2 Å². The van der Waals surface area contributed by atoms with Gasteiger partial charge >= 0.3 is 12.4 Å². The molecule has 10 heteroatoms. The highest BCUT2D eigenvalue weighted by Gasteiger charge is 2.40. The average Bonchev–Trinajstić information content (AvgIpc) is 3.27. The molecule has 4 rings (SSSR count). The van der Waals surface area contributed by atoms with Crippen molar-refractivity contribution in [2.75, 3.05) is 0 Å². The number of benzene rings is 2. The number of hydrogen-bond acceptors (Lipinski definition) is 4. The molecule has 0 radical (unpaired) electrons. The summed E-state index contributed by atoms with van der Waals surface area (Å²) < 4.78 is 95.4. The van der Waals surface area contributed by atoms with Gasteiger partial charge in [-0.1, -0.05) is 41.5 Å². The molecule has 0 N–H and O–H groups in total. The van der Waals surface area contributed by atoms with Crippen LogP contribution in [0.4, 0.5) is 26.3 Å². The van der Waals surface area contributed by atoms with E-state index in [1.807, 2.05) is 0 Å². The molecule has 0 atom stereocenters. The van der Waals surface area contributed by atoms with Crippen LogP contribution in [0.1, 0.15) is 64.5 Å². The zero-order chi connectivity index (χ0) is 25.4. The Kier molecular flexibility index (Phi) is 5.12. The molecule has 182 valence electrons. The molecule has 0 aliphatic carbocycles. The summed E-state index contributed by atoms with van der Waals surface area (Å²) in [6, 6.07) is 3.35. The van der Waals surface area contributed by atoms with Gasteiger partial charge < -0.3 is 8.83 Å². The Labute approximate surface area is 191 Å². The first-order chi connectivity index (χ1) is 15.4. The van der Waals surface area contributed by atoms with Crippen molar-refractivity contribution in [1.29, 1.82) is 0 Å². The maximum Gasteiger partial charge on any atom is 0.417 e. The number of alkyl halides is 6. The van der Waals surface area contributed by atoms with Gasteiger partial charge in [-0.3, -0.25) is 0 Å². The summed E-state index contributed by atoms with van der Waals surface area (Å²) in [5, 5.41) is 0. The van der Waals surface area contributed by atoms with Gasteiger partial charge in [0.05, 0.1) is 11.1 Å². The second kappa shape index (κ2) is 7.23. The van der Waals surface area contributed by atoms with E-state index in [0.29, 0.717) is 12.1 Å². The van der Waals surface area contributed by atoms with Gasteiger partial charge in [-0.15, -0.1) is 0 Å². The summed E-state index contributed by atoms with van der Waals surface area (Å²) in [6.45, 7) is 10.6. The molecule has 0 saturated heterocycles. The molecular formula is C24H22F6N2O2. The van der Waals surface area contributed by atoms with Gasteiger partial charge in [0.2, 0.25) is 11.8 Å². The van der Waals surface area contributed by atoms with Crippen molar-refractivity contribution in [3.05, 3.63) is 47.2 Å². The van der Waals surface area contributed by atoms with Gasteiger partial charge in [0, 0.05) is 10.8 Å². The molecule has 4 nitrogen and oxygen atoms in total. The number of hydrogen-bond donors (Lipinski definition) is 0. The fourth-order valence-electron chi connectivity index (χ4n) is 3.50. The second-order valence-electron chi connectivity index (χ2n) is 10.3. The highest BCUT2D eigenvalue weighted by atomic mass is 19.4. The first-order valence-electron chi connectivity index (χ1n) is 10.4. The average molecular weight is 484 g/mol. The summed E-state index contributed by atoms with van der Waals surface area (Å²) in [7, 11) is 0. The van der Waals surface area contributed by atoms with Crippen molar-refractivity contribution < 1.29 is 35.2 Å². The Morgan fingerprint density at radius 3 is 1.15 bits per heavy atom. The van der Waals surface area contributed by atoms with Gasteiger partial charge in [-0.2, -0.15) is 26.3 Å². The maximum atomic E-state index is 14.0. The summed E-state index contributed by atoms with van der Waals surface area (Å²) in [4.78, 5) is 8.25. The number of oxazole rings is 2. The van der Waals surface area contributed by atoms with Crippen LogP contribution in [-0.4, -0.2) is 9.97 Å². The SMILES string of the molecule is CC(C)(C)c1nc2cc(C(F)(F)F)c(-c3cc4oc(C(C)(C)C)nc4cc3C(F)(F)F)cc2o1. The molecule has 0 aliphatic heterocycles. The van der Waals surface area contributed by atoms with Crippen LogP contribution in [0.25, 0.3) is 33.3 Å². The van der Waals surface area contributed by atoms with Crippen LogP contribution in [0.5, 0.6) is 0 Å². The Hall–Kier alpha value is -3.04. The second-order valence-corrected chi connectivity index (χ2v) is 10.3. The number of rotatable bonds is 1. The zero-order valence-electron chi connectivity index (χ0n) is 19.3. The van der Waals surface area contributed by atoms with Crippen molar-refractivity contribution in [3.63, 3.8) is 0 Å². The third-order valence-corrected chi connectivity index (χ3v) is 5.24. The predicted molar refractivity (Wildman–Crippen MR) is 114 cm³/mol. The molecule has 0 fully saturated rings. The van der Waals surface area contributed by atoms with Crippen molar-refractivity contribution in [2.24, 2.45) is 0 Å². The Bertz CT molecular complexity index is 1290. The number of fused-ring (bicyclic) bond motifs is 2. The first kappa shape index (κ1) is 24.1. The lowest BCUT2D eigenvalue weighted by Crippen LogP contribution is -2.12. The molecule has 0 amide bonds. The largest absolute Gasteiger partial charge is 0.440 e. The minimum Gasteiger partial charge on any atom is -0.440 e. The fraction of sp³-hybridized carbons (Fsp3) is 0.417. The van der Waals surface area contributed by atoms with Gasteiger partial charge in [-0.25, -0.2) is 9.97 Å². The maximum absolute atomic E-state index is 14.0. The topological polar surface area (TPSA) is 52.1 Å². The lowest BCUT2D eigenvalue weighted by molar-refractivity contribution is -0.139. The summed E-state index contributed by atoms with van der Waals surface area (Å²) in [5.41, 5.74) is -5.38. The predicted octanol–water partition coefficient (Wildman–Crippen LogP) is 8.27. The molecule has 0 unspecified atom stereocenters. The highest BCUT2D eigenvalue weighted by Crippen LogP contribution is 2.46. The van der Waals surface area contributed by atoms with Gasteiger partial charge in [0.15, 0.2) is 11.2 Å².